The van der Waals surface area contributed by atoms with Crippen molar-refractivity contribution in [3.05, 3.63) is 96.8 Å². The first-order chi connectivity index (χ1) is 16.3. The monoisotopic (exact) mass is 452 g/mol. The number of hydrogen-bond acceptors (Lipinski definition) is 7. The summed E-state index contributed by atoms with van der Waals surface area (Å²) in [4.78, 5) is 17.2. The molecule has 0 unspecified atom stereocenters. The number of hydrogen-bond donors (Lipinski definition) is 0. The van der Waals surface area contributed by atoms with Crippen molar-refractivity contribution >= 4 is 38.3 Å². The fourth-order valence-corrected chi connectivity index (χ4v) is 5.08. The van der Waals surface area contributed by atoms with Crippen LogP contribution in [0.2, 0.25) is 0 Å². The van der Waals surface area contributed by atoms with Crippen molar-refractivity contribution in [2.24, 2.45) is 0 Å². The van der Waals surface area contributed by atoms with E-state index in [0.29, 0.717) is 13.1 Å². The molecule has 33 heavy (non-hydrogen) atoms. The van der Waals surface area contributed by atoms with Crippen LogP contribution in [0, 0.1) is 0 Å². The van der Waals surface area contributed by atoms with Crippen LogP contribution in [0.3, 0.4) is 0 Å². The quantitative estimate of drug-likeness (QED) is 0.327. The first kappa shape index (κ1) is 19.7. The zero-order valence-corrected chi connectivity index (χ0v) is 18.5. The number of nitrogens with zero attached hydrogens (tertiary/aromatic N) is 4. The smallest absolute Gasteiger partial charge is 0.229 e. The summed E-state index contributed by atoms with van der Waals surface area (Å²) in [7, 11) is 0. The van der Waals surface area contributed by atoms with Gasteiger partial charge in [-0.3, -0.25) is 4.98 Å². The maximum atomic E-state index is 5.62. The van der Waals surface area contributed by atoms with Crippen molar-refractivity contribution in [3.8, 4) is 10.4 Å². The minimum absolute atomic E-state index is 0.256. The molecule has 0 radical (unpaired) electrons. The Balaban J connectivity index is 1.42. The zero-order chi connectivity index (χ0) is 22.0. The fraction of sp³-hybridized carbons (Fsp3) is 0.115. The van der Waals surface area contributed by atoms with E-state index in [0.717, 1.165) is 43.1 Å². The summed E-state index contributed by atoms with van der Waals surface area (Å²) in [5.74, 6) is 1.67. The number of pyridine rings is 1. The van der Waals surface area contributed by atoms with Gasteiger partial charge in [0, 0.05) is 28.6 Å². The molecule has 162 valence electrons. The molecule has 0 bridgehead atoms. The number of para-hydroxylation sites is 1. The Bertz CT molecular complexity index is 1470. The Morgan fingerprint density at radius 2 is 1.76 bits per heavy atom. The van der Waals surface area contributed by atoms with E-state index >= 15 is 0 Å². The molecule has 1 aliphatic rings. The van der Waals surface area contributed by atoms with E-state index in [9.17, 15) is 0 Å². The summed E-state index contributed by atoms with van der Waals surface area (Å²) in [6.07, 6.45) is 5.23. The first-order valence-corrected chi connectivity index (χ1v) is 11.5. The maximum Gasteiger partial charge on any atom is 0.229 e. The first-order valence-electron chi connectivity index (χ1n) is 10.7. The third-order valence-corrected chi connectivity index (χ3v) is 6.73. The van der Waals surface area contributed by atoms with Gasteiger partial charge in [0.2, 0.25) is 6.79 Å². The van der Waals surface area contributed by atoms with Gasteiger partial charge in [0.05, 0.1) is 22.3 Å². The highest BCUT2D eigenvalue weighted by molar-refractivity contribution is 7.22. The van der Waals surface area contributed by atoms with Gasteiger partial charge in [-0.1, -0.05) is 48.5 Å². The average molecular weight is 453 g/mol. The van der Waals surface area contributed by atoms with Crippen LogP contribution >= 0.6 is 11.3 Å². The van der Waals surface area contributed by atoms with E-state index in [-0.39, 0.29) is 6.79 Å². The highest BCUT2D eigenvalue weighted by Crippen LogP contribution is 2.38. The molecule has 0 fully saturated rings. The maximum absolute atomic E-state index is 5.62. The van der Waals surface area contributed by atoms with Gasteiger partial charge in [-0.25, -0.2) is 9.97 Å². The van der Waals surface area contributed by atoms with E-state index in [1.165, 1.54) is 5.56 Å². The molecule has 0 amide bonds. The van der Waals surface area contributed by atoms with E-state index in [1.807, 2.05) is 42.6 Å². The molecule has 4 heterocycles. The zero-order valence-electron chi connectivity index (χ0n) is 17.7. The molecule has 1 aliphatic heterocycles. The Hall–Kier alpha value is -3.97. The highest BCUT2D eigenvalue weighted by Gasteiger charge is 2.20. The largest absolute Gasteiger partial charge is 0.462 e. The van der Waals surface area contributed by atoms with Crippen molar-refractivity contribution in [2.75, 3.05) is 18.2 Å². The van der Waals surface area contributed by atoms with Crippen LogP contribution in [-0.4, -0.2) is 28.3 Å². The molecule has 0 atom stereocenters. The number of aromatic nitrogens is 3. The minimum atomic E-state index is 0.256. The number of anilines is 1. The van der Waals surface area contributed by atoms with E-state index in [4.69, 9.17) is 9.47 Å². The van der Waals surface area contributed by atoms with Gasteiger partial charge >= 0.3 is 0 Å². The molecule has 7 heteroatoms. The molecule has 5 aromatic rings. The summed E-state index contributed by atoms with van der Waals surface area (Å²) in [6.45, 7) is 1.51. The lowest BCUT2D eigenvalue weighted by atomic mass is 10.1. The summed E-state index contributed by atoms with van der Waals surface area (Å²) >= 11 is 1.68. The van der Waals surface area contributed by atoms with Gasteiger partial charge in [-0.2, -0.15) is 0 Å². The summed E-state index contributed by atoms with van der Waals surface area (Å²) in [5, 5.41) is 1.12. The topological polar surface area (TPSA) is 60.4 Å². The number of fused-ring (bicyclic) bond motifs is 2. The van der Waals surface area contributed by atoms with Crippen molar-refractivity contribution in [1.82, 2.24) is 15.0 Å². The van der Waals surface area contributed by atoms with Crippen molar-refractivity contribution < 1.29 is 9.47 Å². The van der Waals surface area contributed by atoms with Gasteiger partial charge in [0.1, 0.15) is 12.6 Å². The minimum Gasteiger partial charge on any atom is -0.462 e. The van der Waals surface area contributed by atoms with Crippen molar-refractivity contribution in [2.45, 2.75) is 6.54 Å². The molecular formula is C26H20N4O2S. The van der Waals surface area contributed by atoms with Gasteiger partial charge in [-0.05, 0) is 23.8 Å². The highest BCUT2D eigenvalue weighted by atomic mass is 32.1. The van der Waals surface area contributed by atoms with Crippen LogP contribution in [0.25, 0.3) is 31.6 Å². The van der Waals surface area contributed by atoms with Crippen LogP contribution in [0.15, 0.2) is 91.3 Å². The molecule has 0 saturated carbocycles. The Morgan fingerprint density at radius 1 is 0.879 bits per heavy atom. The van der Waals surface area contributed by atoms with Crippen LogP contribution in [0.1, 0.15) is 5.56 Å². The van der Waals surface area contributed by atoms with E-state index in [2.05, 4.69) is 50.2 Å². The van der Waals surface area contributed by atoms with Crippen molar-refractivity contribution in [1.29, 1.82) is 0 Å². The van der Waals surface area contributed by atoms with E-state index in [1.54, 1.807) is 23.9 Å². The predicted molar refractivity (Wildman–Crippen MR) is 131 cm³/mol. The Labute approximate surface area is 194 Å². The second-order valence-corrected chi connectivity index (χ2v) is 8.85. The molecule has 0 aliphatic carbocycles. The lowest BCUT2D eigenvalue weighted by Gasteiger charge is -2.24. The van der Waals surface area contributed by atoms with Gasteiger partial charge in [0.15, 0.2) is 11.6 Å². The Morgan fingerprint density at radius 3 is 2.64 bits per heavy atom. The molecule has 0 spiro atoms. The second-order valence-electron chi connectivity index (χ2n) is 7.79. The predicted octanol–water partition coefficient (Wildman–Crippen LogP) is 5.76. The normalized spacial score (nSPS) is 13.0. The molecular weight excluding hydrogens is 432 g/mol. The van der Waals surface area contributed by atoms with Crippen molar-refractivity contribution in [3.63, 3.8) is 0 Å². The van der Waals surface area contributed by atoms with Crippen LogP contribution in [-0.2, 0) is 16.0 Å². The lowest BCUT2D eigenvalue weighted by Crippen LogP contribution is -2.26. The average Bonchev–Trinajstić information content (AvgIpc) is 3.54. The summed E-state index contributed by atoms with van der Waals surface area (Å²) < 4.78 is 11.9. The fourth-order valence-electron chi connectivity index (χ4n) is 3.97. The summed E-state index contributed by atoms with van der Waals surface area (Å²) in [5.41, 5.74) is 4.18. The third kappa shape index (κ3) is 3.99. The molecule has 2 aromatic carbocycles. The van der Waals surface area contributed by atoms with Crippen LogP contribution < -0.4 is 4.90 Å². The number of benzene rings is 2. The van der Waals surface area contributed by atoms with E-state index < -0.39 is 0 Å². The SMILES string of the molecule is C1=C(CN(Cc2ccccc2)c2ncnc3cc(-c4cnc5ccccc5c4)sc23)OCO1. The standard InChI is InChI=1S/C26H20N4O2S/c1-2-6-18(7-3-1)13-30(14-21-15-31-17-32-21)26-25-23(28-16-29-26)11-24(33-25)20-10-19-8-4-5-9-22(19)27-12-20/h1-12,15-16H,13-14,17H2. The molecule has 3 aromatic heterocycles. The van der Waals surface area contributed by atoms with Gasteiger partial charge < -0.3 is 14.4 Å². The molecule has 6 nitrogen and oxygen atoms in total. The van der Waals surface area contributed by atoms with Gasteiger partial charge in [-0.15, -0.1) is 11.3 Å². The molecule has 0 saturated heterocycles. The molecule has 0 N–H and O–H groups in total. The number of thiophene rings is 1. The second kappa shape index (κ2) is 8.52. The van der Waals surface area contributed by atoms with Gasteiger partial charge in [0.25, 0.3) is 0 Å². The van der Waals surface area contributed by atoms with Crippen LogP contribution in [0.4, 0.5) is 5.82 Å². The van der Waals surface area contributed by atoms with Crippen LogP contribution in [0.5, 0.6) is 0 Å². The third-order valence-electron chi connectivity index (χ3n) is 5.56. The Kier molecular flexibility index (Phi) is 5.08. The number of rotatable bonds is 6. The summed E-state index contributed by atoms with van der Waals surface area (Å²) in [6, 6.07) is 22.8. The molecule has 6 rings (SSSR count). The number of ether oxygens (including phenoxy) is 2. The lowest BCUT2D eigenvalue weighted by molar-refractivity contribution is 0.0797.